The number of carbonyl (C=O) groups is 5. The third-order valence-corrected chi connectivity index (χ3v) is 13.2. The van der Waals surface area contributed by atoms with Crippen molar-refractivity contribution in [1.82, 2.24) is 10.3 Å². The highest BCUT2D eigenvalue weighted by atomic mass is 19.1. The summed E-state index contributed by atoms with van der Waals surface area (Å²) >= 11 is 0. The minimum Gasteiger partial charge on any atom is -0.460 e. The standard InChI is InChI=1S/C44H53FN2O14/c1-22-26(56-38(52)32(50)31(30-25(45)15-12-18-46-30)47-39(53)61-40(3,4)5)19-44(54)36(59-37(51)24-13-10-9-11-14-24)34-42(8,17-16-27-43(34,21-55-27)60-23(2)49)35-33(29(22)41(44,6)7)57-28(20-48)58-35/h9-15,18,20,22,26-28,31-32,34-36,50,54H,16-17,19,21H2,1-8H3,(H,47,53)/b33-29+/t22?,26-,27+,28+,31-,32+,34-,35?,36-,42+,43-,44+/m0/s1. The van der Waals surface area contributed by atoms with Gasteiger partial charge in [-0.15, -0.1) is 0 Å². The monoisotopic (exact) mass is 852 g/mol. The smallest absolute Gasteiger partial charge is 0.408 e. The number of hydrogen-bond acceptors (Lipinski definition) is 15. The molecular formula is C44H53FN2O14. The van der Waals surface area contributed by atoms with Gasteiger partial charge in [-0.1, -0.05) is 45.9 Å². The summed E-state index contributed by atoms with van der Waals surface area (Å²) in [6.45, 7) is 12.9. The highest BCUT2D eigenvalue weighted by Gasteiger charge is 2.77. The molecule has 1 aromatic carbocycles. The van der Waals surface area contributed by atoms with Crippen LogP contribution in [0.15, 0.2) is 60.0 Å². The summed E-state index contributed by atoms with van der Waals surface area (Å²) < 4.78 is 58.2. The molecular weight excluding hydrogens is 799 g/mol. The first-order valence-corrected chi connectivity index (χ1v) is 20.4. The Hall–Kier alpha value is -4.97. The maximum atomic E-state index is 15.3. The summed E-state index contributed by atoms with van der Waals surface area (Å²) in [6, 6.07) is 8.63. The van der Waals surface area contributed by atoms with Crippen molar-refractivity contribution in [3.8, 4) is 0 Å². The lowest BCUT2D eigenvalue weighted by molar-refractivity contribution is -0.343. The van der Waals surface area contributed by atoms with Gasteiger partial charge >= 0.3 is 24.0 Å². The lowest BCUT2D eigenvalue weighted by Crippen LogP contribution is -2.79. The molecule has 4 fully saturated rings. The highest BCUT2D eigenvalue weighted by Crippen LogP contribution is 2.67. The van der Waals surface area contributed by atoms with Gasteiger partial charge in [0.1, 0.15) is 58.9 Å². The number of aldehydes is 1. The summed E-state index contributed by atoms with van der Waals surface area (Å²) in [4.78, 5) is 71.0. The Bertz CT molecular complexity index is 2110. The van der Waals surface area contributed by atoms with Gasteiger partial charge in [-0.05, 0) is 63.5 Å². The Balaban J connectivity index is 1.37. The van der Waals surface area contributed by atoms with Gasteiger partial charge in [0.15, 0.2) is 18.0 Å². The average molecular weight is 853 g/mol. The number of carbonyl (C=O) groups excluding carboxylic acids is 5. The van der Waals surface area contributed by atoms with Crippen LogP contribution < -0.4 is 5.32 Å². The van der Waals surface area contributed by atoms with E-state index in [1.54, 1.807) is 71.9 Å². The summed E-state index contributed by atoms with van der Waals surface area (Å²) in [5.74, 6) is -5.48. The van der Waals surface area contributed by atoms with E-state index < -0.39 is 124 Å². The quantitative estimate of drug-likeness (QED) is 0.181. The van der Waals surface area contributed by atoms with E-state index in [-0.39, 0.29) is 17.9 Å². The first-order valence-electron chi connectivity index (χ1n) is 20.4. The van der Waals surface area contributed by atoms with E-state index in [4.69, 9.17) is 33.2 Å². The molecule has 2 aliphatic heterocycles. The van der Waals surface area contributed by atoms with Crippen LogP contribution in [-0.2, 0) is 47.5 Å². The third kappa shape index (κ3) is 7.46. The molecule has 0 spiro atoms. The Kier molecular flexibility index (Phi) is 11.4. The van der Waals surface area contributed by atoms with Gasteiger partial charge in [-0.2, -0.15) is 0 Å². The van der Waals surface area contributed by atoms with Gasteiger partial charge < -0.3 is 48.7 Å². The van der Waals surface area contributed by atoms with Crippen molar-refractivity contribution in [1.29, 1.82) is 0 Å². The molecule has 1 amide bonds. The Morgan fingerprint density at radius 3 is 2.38 bits per heavy atom. The molecule has 0 radical (unpaired) electrons. The highest BCUT2D eigenvalue weighted by molar-refractivity contribution is 5.89. The zero-order valence-corrected chi connectivity index (χ0v) is 35.3. The van der Waals surface area contributed by atoms with Crippen LogP contribution in [-0.4, -0.2) is 106 Å². The van der Waals surface area contributed by atoms with E-state index >= 15 is 4.39 Å². The number of aliphatic hydroxyl groups excluding tert-OH is 1. The molecule has 61 heavy (non-hydrogen) atoms. The normalized spacial score (nSPS) is 35.7. The second kappa shape index (κ2) is 15.7. The lowest BCUT2D eigenvalue weighted by atomic mass is 9.45. The minimum atomic E-state index is -2.28. The molecule has 2 unspecified atom stereocenters. The summed E-state index contributed by atoms with van der Waals surface area (Å²) in [7, 11) is 0. The van der Waals surface area contributed by atoms with Crippen molar-refractivity contribution < 1.29 is 71.7 Å². The van der Waals surface area contributed by atoms with E-state index in [2.05, 4.69) is 10.3 Å². The van der Waals surface area contributed by atoms with Gasteiger partial charge in [0.05, 0.1) is 18.1 Å². The molecule has 2 aromatic rings. The zero-order valence-electron chi connectivity index (χ0n) is 35.3. The fourth-order valence-corrected chi connectivity index (χ4v) is 10.4. The molecule has 330 valence electrons. The number of amides is 1. The van der Waals surface area contributed by atoms with Crippen molar-refractivity contribution in [2.45, 2.75) is 134 Å². The number of hydrogen-bond donors (Lipinski definition) is 3. The maximum absolute atomic E-state index is 15.3. The average Bonchev–Trinajstić information content (AvgIpc) is 3.61. The van der Waals surface area contributed by atoms with Crippen LogP contribution in [0.3, 0.4) is 0 Å². The molecule has 3 aliphatic carbocycles. The molecule has 16 nitrogen and oxygen atoms in total. The largest absolute Gasteiger partial charge is 0.460 e. The molecule has 1 aromatic heterocycles. The lowest BCUT2D eigenvalue weighted by Gasteiger charge is -2.67. The van der Waals surface area contributed by atoms with Crippen LogP contribution in [0.5, 0.6) is 0 Å². The number of rotatable bonds is 9. The van der Waals surface area contributed by atoms with Gasteiger partial charge in [0.25, 0.3) is 6.29 Å². The number of pyridine rings is 1. The summed E-state index contributed by atoms with van der Waals surface area (Å²) in [5.41, 5.74) is -7.23. The second-order valence-electron chi connectivity index (χ2n) is 18.4. The van der Waals surface area contributed by atoms with Crippen molar-refractivity contribution in [3.05, 3.63) is 77.1 Å². The van der Waals surface area contributed by atoms with Crippen LogP contribution >= 0.6 is 0 Å². The number of nitrogens with one attached hydrogen (secondary N) is 1. The van der Waals surface area contributed by atoms with Crippen LogP contribution in [0.2, 0.25) is 0 Å². The molecule has 12 atom stereocenters. The molecule has 2 saturated heterocycles. The zero-order chi connectivity index (χ0) is 44.4. The SMILES string of the molecule is CC(=O)O[C@@]12CO[C@@H]1CC[C@@]1(C)C3O[C@H](C=O)O/C3=C3\C(C)[C@@H](OC(=O)[C@H](O)[C@@H](NC(=O)OC(C)(C)C)c4ncccc4F)C[C@@](O)([C@@H](OC(=O)c4ccccc4)[C@H]21)C3(C)C. The van der Waals surface area contributed by atoms with E-state index in [9.17, 15) is 34.2 Å². The van der Waals surface area contributed by atoms with Crippen LogP contribution in [0.1, 0.15) is 96.7 Å². The number of ether oxygens (including phenoxy) is 7. The molecule has 3 N–H and O–H groups in total. The Morgan fingerprint density at radius 2 is 1.77 bits per heavy atom. The molecule has 2 saturated carbocycles. The fourth-order valence-electron chi connectivity index (χ4n) is 10.4. The van der Waals surface area contributed by atoms with Crippen molar-refractivity contribution in [2.24, 2.45) is 22.7 Å². The molecule has 17 heteroatoms. The summed E-state index contributed by atoms with van der Waals surface area (Å²) in [5, 5.41) is 27.7. The number of halogens is 1. The molecule has 3 heterocycles. The number of benzene rings is 1. The van der Waals surface area contributed by atoms with Crippen molar-refractivity contribution in [3.63, 3.8) is 0 Å². The van der Waals surface area contributed by atoms with E-state index in [1.807, 2.05) is 6.92 Å². The van der Waals surface area contributed by atoms with Crippen molar-refractivity contribution >= 4 is 30.3 Å². The van der Waals surface area contributed by atoms with E-state index in [1.165, 1.54) is 19.2 Å². The van der Waals surface area contributed by atoms with Crippen molar-refractivity contribution in [2.75, 3.05) is 6.61 Å². The Morgan fingerprint density at radius 1 is 1.07 bits per heavy atom. The van der Waals surface area contributed by atoms with Gasteiger partial charge in [0.2, 0.25) is 0 Å². The fraction of sp³-hybridized carbons (Fsp3) is 0.591. The topological polar surface area (TPSA) is 215 Å². The third-order valence-electron chi connectivity index (χ3n) is 13.2. The maximum Gasteiger partial charge on any atom is 0.408 e. The molecule has 7 rings (SSSR count). The van der Waals surface area contributed by atoms with Gasteiger partial charge in [0, 0.05) is 36.3 Å². The number of aliphatic hydroxyl groups is 2. The first-order chi connectivity index (χ1) is 28.6. The number of alkyl carbamates (subject to hydrolysis) is 1. The van der Waals surface area contributed by atoms with E-state index in [0.29, 0.717) is 24.7 Å². The van der Waals surface area contributed by atoms with E-state index in [0.717, 1.165) is 6.07 Å². The number of aromatic nitrogens is 1. The second-order valence-corrected chi connectivity index (χ2v) is 18.4. The summed E-state index contributed by atoms with van der Waals surface area (Å²) in [6.07, 6.45) is -7.41. The number of nitrogens with zero attached hydrogens (tertiary/aromatic N) is 1. The number of fused-ring (bicyclic) bond motifs is 7. The minimum absolute atomic E-state index is 0.124. The Labute approximate surface area is 352 Å². The predicted octanol–water partition coefficient (Wildman–Crippen LogP) is 4.41. The first kappa shape index (κ1) is 44.1. The number of esters is 3. The van der Waals surface area contributed by atoms with Crippen LogP contribution in [0.25, 0.3) is 0 Å². The molecule has 5 aliphatic rings. The van der Waals surface area contributed by atoms with Gasteiger partial charge in [-0.3, -0.25) is 14.6 Å². The predicted molar refractivity (Wildman–Crippen MR) is 208 cm³/mol. The van der Waals surface area contributed by atoms with Crippen LogP contribution in [0, 0.1) is 28.5 Å². The molecule has 2 bridgehead atoms. The van der Waals surface area contributed by atoms with Gasteiger partial charge in [-0.25, -0.2) is 18.8 Å². The van der Waals surface area contributed by atoms with Crippen LogP contribution in [0.4, 0.5) is 9.18 Å².